The Labute approximate surface area is 84.5 Å². The molecule has 5 heteroatoms. The van der Waals surface area contributed by atoms with Gasteiger partial charge in [-0.25, -0.2) is 0 Å². The lowest BCUT2D eigenvalue weighted by Crippen LogP contribution is -1.94. The lowest BCUT2D eigenvalue weighted by atomic mass is 10.2. The van der Waals surface area contributed by atoms with E-state index in [1.165, 1.54) is 11.1 Å². The lowest BCUT2D eigenvalue weighted by molar-refractivity contribution is 0.490. The third-order valence-corrected chi connectivity index (χ3v) is 1.36. The van der Waals surface area contributed by atoms with Crippen LogP contribution in [0, 0.1) is 6.92 Å². The molecule has 0 amide bonds. The van der Waals surface area contributed by atoms with E-state index in [0.29, 0.717) is 12.8 Å². The average Bonchev–Trinajstić information content (AvgIpc) is 2.03. The van der Waals surface area contributed by atoms with Gasteiger partial charge in [-0.15, -0.1) is 0 Å². The Morgan fingerprint density at radius 1 is 1.29 bits per heavy atom. The van der Waals surface area contributed by atoms with Crippen molar-refractivity contribution in [1.82, 2.24) is 0 Å². The number of aryl methyl sites for hydroxylation is 1. The van der Waals surface area contributed by atoms with E-state index in [2.05, 4.69) is 31.2 Å². The number of benzene rings is 1. The van der Waals surface area contributed by atoms with Gasteiger partial charge in [0.15, 0.2) is 0 Å². The van der Waals surface area contributed by atoms with Gasteiger partial charge in [0, 0.05) is 6.54 Å². The Kier molecular flexibility index (Phi) is 5.37. The van der Waals surface area contributed by atoms with Crippen LogP contribution in [-0.2, 0) is 16.7 Å². The molecule has 0 bridgehead atoms. The van der Waals surface area contributed by atoms with E-state index < -0.39 is 10.1 Å². The number of rotatable bonds is 1. The minimum atomic E-state index is -3.67. The van der Waals surface area contributed by atoms with Crippen LogP contribution in [0.4, 0.5) is 0 Å². The third-order valence-electron chi connectivity index (χ3n) is 1.36. The first-order chi connectivity index (χ1) is 6.33. The highest BCUT2D eigenvalue weighted by molar-refractivity contribution is 7.85. The largest absolute Gasteiger partial charge is 0.326 e. The molecule has 1 aromatic carbocycles. The van der Waals surface area contributed by atoms with E-state index in [9.17, 15) is 8.42 Å². The van der Waals surface area contributed by atoms with Crippen LogP contribution in [0.5, 0.6) is 0 Å². The summed E-state index contributed by atoms with van der Waals surface area (Å²) in [4.78, 5) is 0. The molecule has 0 aromatic heterocycles. The molecule has 0 unspecified atom stereocenters. The second kappa shape index (κ2) is 5.74. The quantitative estimate of drug-likeness (QED) is 0.686. The maximum atomic E-state index is 9.19. The zero-order valence-corrected chi connectivity index (χ0v) is 9.08. The van der Waals surface area contributed by atoms with Gasteiger partial charge in [-0.2, -0.15) is 8.42 Å². The number of hydrogen-bond donors (Lipinski definition) is 2. The third kappa shape index (κ3) is 9.18. The summed E-state index contributed by atoms with van der Waals surface area (Å²) in [7, 11) is -3.67. The topological polar surface area (TPSA) is 80.4 Å². The molecular weight excluding hydrogens is 202 g/mol. The lowest BCUT2D eigenvalue weighted by Gasteiger charge is -1.94. The van der Waals surface area contributed by atoms with Gasteiger partial charge < -0.3 is 5.73 Å². The van der Waals surface area contributed by atoms with Crippen LogP contribution < -0.4 is 5.73 Å². The molecular formula is C9H15NO3S. The van der Waals surface area contributed by atoms with Gasteiger partial charge in [0.05, 0.1) is 6.26 Å². The molecule has 0 aliphatic rings. The first-order valence-electron chi connectivity index (χ1n) is 4.01. The van der Waals surface area contributed by atoms with Crippen molar-refractivity contribution >= 4 is 10.1 Å². The fraction of sp³-hybridized carbons (Fsp3) is 0.333. The summed E-state index contributed by atoms with van der Waals surface area (Å²) < 4.78 is 25.9. The second-order valence-electron chi connectivity index (χ2n) is 2.92. The zero-order valence-electron chi connectivity index (χ0n) is 8.27. The smallest absolute Gasteiger partial charge is 0.261 e. The standard InChI is InChI=1S/C8H11N.CH4O3S/c1-7-2-4-8(6-9)5-3-7;1-5(2,3)4/h2-5H,6,9H2,1H3;1H3,(H,2,3,4). The monoisotopic (exact) mass is 217 g/mol. The normalized spacial score (nSPS) is 10.3. The number of hydrogen-bond acceptors (Lipinski definition) is 3. The van der Waals surface area contributed by atoms with Gasteiger partial charge in [0.1, 0.15) is 0 Å². The molecule has 1 rings (SSSR count). The van der Waals surface area contributed by atoms with Crippen molar-refractivity contribution < 1.29 is 13.0 Å². The highest BCUT2D eigenvalue weighted by atomic mass is 32.2. The second-order valence-corrected chi connectivity index (χ2v) is 4.39. The van der Waals surface area contributed by atoms with Crippen molar-refractivity contribution in [3.05, 3.63) is 35.4 Å². The Balaban J connectivity index is 0.000000292. The van der Waals surface area contributed by atoms with Gasteiger partial charge in [-0.05, 0) is 12.5 Å². The van der Waals surface area contributed by atoms with Crippen molar-refractivity contribution in [3.8, 4) is 0 Å². The van der Waals surface area contributed by atoms with Crippen molar-refractivity contribution in [3.63, 3.8) is 0 Å². The van der Waals surface area contributed by atoms with Gasteiger partial charge in [-0.3, -0.25) is 4.55 Å². The summed E-state index contributed by atoms with van der Waals surface area (Å²) in [6.45, 7) is 2.71. The van der Waals surface area contributed by atoms with Crippen LogP contribution >= 0.6 is 0 Å². The Morgan fingerprint density at radius 3 is 1.93 bits per heavy atom. The molecule has 0 heterocycles. The van der Waals surface area contributed by atoms with Crippen LogP contribution in [0.15, 0.2) is 24.3 Å². The summed E-state index contributed by atoms with van der Waals surface area (Å²) in [5.41, 5.74) is 7.88. The van der Waals surface area contributed by atoms with Gasteiger partial charge >= 0.3 is 0 Å². The highest BCUT2D eigenvalue weighted by Crippen LogP contribution is 2.00. The van der Waals surface area contributed by atoms with Crippen LogP contribution in [0.3, 0.4) is 0 Å². The van der Waals surface area contributed by atoms with Gasteiger partial charge in [0.25, 0.3) is 10.1 Å². The number of nitrogens with two attached hydrogens (primary N) is 1. The van der Waals surface area contributed by atoms with Gasteiger partial charge in [-0.1, -0.05) is 29.8 Å². The van der Waals surface area contributed by atoms with Crippen molar-refractivity contribution in [2.75, 3.05) is 6.26 Å². The van der Waals surface area contributed by atoms with Crippen molar-refractivity contribution in [2.45, 2.75) is 13.5 Å². The van der Waals surface area contributed by atoms with Crippen LogP contribution in [0.1, 0.15) is 11.1 Å². The minimum Gasteiger partial charge on any atom is -0.326 e. The van der Waals surface area contributed by atoms with Crippen LogP contribution in [0.25, 0.3) is 0 Å². The SMILES string of the molecule is CS(=O)(=O)O.Cc1ccc(CN)cc1. The molecule has 0 atom stereocenters. The Hall–Kier alpha value is -0.910. The summed E-state index contributed by atoms with van der Waals surface area (Å²) >= 11 is 0. The molecule has 80 valence electrons. The summed E-state index contributed by atoms with van der Waals surface area (Å²) in [6, 6.07) is 8.25. The first kappa shape index (κ1) is 13.1. The predicted molar refractivity (Wildman–Crippen MR) is 56.5 cm³/mol. The maximum absolute atomic E-state index is 9.19. The first-order valence-corrected chi connectivity index (χ1v) is 5.86. The molecule has 0 spiro atoms. The molecule has 0 radical (unpaired) electrons. The summed E-state index contributed by atoms with van der Waals surface area (Å²) in [5, 5.41) is 0. The molecule has 0 saturated heterocycles. The molecule has 0 aliphatic heterocycles. The van der Waals surface area contributed by atoms with E-state index >= 15 is 0 Å². The van der Waals surface area contributed by atoms with E-state index in [1.54, 1.807) is 0 Å². The average molecular weight is 217 g/mol. The molecule has 0 aliphatic carbocycles. The van der Waals surface area contributed by atoms with Crippen LogP contribution in [0.2, 0.25) is 0 Å². The van der Waals surface area contributed by atoms with E-state index in [0.717, 1.165) is 0 Å². The molecule has 0 saturated carbocycles. The van der Waals surface area contributed by atoms with Crippen molar-refractivity contribution in [1.29, 1.82) is 0 Å². The Morgan fingerprint density at radius 2 is 1.64 bits per heavy atom. The van der Waals surface area contributed by atoms with Crippen LogP contribution in [-0.4, -0.2) is 19.2 Å². The predicted octanol–water partition coefficient (Wildman–Crippen LogP) is 0.958. The molecule has 3 N–H and O–H groups in total. The summed E-state index contributed by atoms with van der Waals surface area (Å²) in [6.07, 6.45) is 0.715. The zero-order chi connectivity index (χ0) is 11.2. The molecule has 1 aromatic rings. The fourth-order valence-corrected chi connectivity index (χ4v) is 0.724. The van der Waals surface area contributed by atoms with E-state index in [1.807, 2.05) is 0 Å². The summed E-state index contributed by atoms with van der Waals surface area (Å²) in [5.74, 6) is 0. The van der Waals surface area contributed by atoms with E-state index in [-0.39, 0.29) is 0 Å². The minimum absolute atomic E-state index is 0.639. The Bertz CT molecular complexity index is 348. The van der Waals surface area contributed by atoms with Gasteiger partial charge in [0.2, 0.25) is 0 Å². The maximum Gasteiger partial charge on any atom is 0.261 e. The van der Waals surface area contributed by atoms with E-state index in [4.69, 9.17) is 10.3 Å². The molecule has 14 heavy (non-hydrogen) atoms. The van der Waals surface area contributed by atoms with Crippen molar-refractivity contribution in [2.24, 2.45) is 5.73 Å². The highest BCUT2D eigenvalue weighted by Gasteiger charge is 1.85. The fourth-order valence-electron chi connectivity index (χ4n) is 0.724. The molecule has 4 nitrogen and oxygen atoms in total. The molecule has 0 fully saturated rings.